The Morgan fingerprint density at radius 3 is 2.93 bits per heavy atom. The molecule has 0 radical (unpaired) electrons. The quantitative estimate of drug-likeness (QED) is 0.780. The third-order valence-electron chi connectivity index (χ3n) is 4.90. The number of H-pyrrole nitrogens is 1. The predicted molar refractivity (Wildman–Crippen MR) is 99.6 cm³/mol. The number of nitrogens with zero attached hydrogens (tertiary/aromatic N) is 2. The normalized spacial score (nSPS) is 16.1. The first-order valence-corrected chi connectivity index (χ1v) is 9.25. The molecule has 0 bridgehead atoms. The molecule has 27 heavy (non-hydrogen) atoms. The van der Waals surface area contributed by atoms with Gasteiger partial charge in [-0.05, 0) is 43.9 Å². The van der Waals surface area contributed by atoms with Crippen LogP contribution in [0.2, 0.25) is 0 Å². The van der Waals surface area contributed by atoms with Gasteiger partial charge in [-0.25, -0.2) is 9.78 Å². The molecule has 1 aliphatic heterocycles. The summed E-state index contributed by atoms with van der Waals surface area (Å²) in [5, 5.41) is 9.48. The van der Waals surface area contributed by atoms with E-state index in [4.69, 9.17) is 4.74 Å². The van der Waals surface area contributed by atoms with Crippen LogP contribution in [0.15, 0.2) is 24.5 Å². The van der Waals surface area contributed by atoms with Gasteiger partial charge >= 0.3 is 5.97 Å². The van der Waals surface area contributed by atoms with Crippen molar-refractivity contribution in [1.82, 2.24) is 14.9 Å². The van der Waals surface area contributed by atoms with E-state index < -0.39 is 12.0 Å². The highest BCUT2D eigenvalue weighted by atomic mass is 16.5. The Morgan fingerprint density at radius 1 is 1.41 bits per heavy atom. The lowest BCUT2D eigenvalue weighted by atomic mass is 10.0. The minimum Gasteiger partial charge on any atom is -0.494 e. The third kappa shape index (κ3) is 4.30. The van der Waals surface area contributed by atoms with Crippen molar-refractivity contribution in [2.75, 3.05) is 6.61 Å². The highest BCUT2D eigenvalue weighted by Crippen LogP contribution is 2.23. The van der Waals surface area contributed by atoms with Gasteiger partial charge < -0.3 is 19.7 Å². The van der Waals surface area contributed by atoms with Crippen molar-refractivity contribution < 1.29 is 19.4 Å². The summed E-state index contributed by atoms with van der Waals surface area (Å²) >= 11 is 0. The van der Waals surface area contributed by atoms with E-state index in [-0.39, 0.29) is 18.9 Å². The van der Waals surface area contributed by atoms with E-state index in [0.717, 1.165) is 34.7 Å². The Hall–Kier alpha value is -2.83. The topological polar surface area (TPSA) is 95.5 Å². The molecule has 0 fully saturated rings. The first kappa shape index (κ1) is 18.9. The van der Waals surface area contributed by atoms with E-state index in [2.05, 4.69) is 16.0 Å². The van der Waals surface area contributed by atoms with Gasteiger partial charge in [-0.15, -0.1) is 0 Å². The number of benzene rings is 1. The third-order valence-corrected chi connectivity index (χ3v) is 4.90. The fourth-order valence-electron chi connectivity index (χ4n) is 3.49. The molecular weight excluding hydrogens is 346 g/mol. The SMILES string of the molecule is CCOc1ccc(CCCC(=O)N2Cc3[nH]cnc3C[C@H]2C(=O)O)cc1C. The van der Waals surface area contributed by atoms with Crippen molar-refractivity contribution in [2.45, 2.75) is 52.1 Å². The van der Waals surface area contributed by atoms with E-state index in [0.29, 0.717) is 19.4 Å². The molecule has 1 atom stereocenters. The summed E-state index contributed by atoms with van der Waals surface area (Å²) < 4.78 is 5.55. The molecule has 7 heteroatoms. The smallest absolute Gasteiger partial charge is 0.326 e. The zero-order valence-corrected chi connectivity index (χ0v) is 15.7. The fraction of sp³-hybridized carbons (Fsp3) is 0.450. The van der Waals surface area contributed by atoms with Gasteiger partial charge in [0.05, 0.1) is 30.9 Å². The van der Waals surface area contributed by atoms with Crippen LogP contribution in [0.1, 0.15) is 42.3 Å². The fourth-order valence-corrected chi connectivity index (χ4v) is 3.49. The summed E-state index contributed by atoms with van der Waals surface area (Å²) in [5.74, 6) is -0.241. The number of hydrogen-bond acceptors (Lipinski definition) is 4. The van der Waals surface area contributed by atoms with Crippen LogP contribution in [0.3, 0.4) is 0 Å². The number of carbonyl (C=O) groups is 2. The maximum Gasteiger partial charge on any atom is 0.326 e. The van der Waals surface area contributed by atoms with E-state index in [1.807, 2.05) is 26.0 Å². The van der Waals surface area contributed by atoms with Gasteiger partial charge in [0.15, 0.2) is 0 Å². The van der Waals surface area contributed by atoms with Crippen LogP contribution in [0, 0.1) is 6.92 Å². The van der Waals surface area contributed by atoms with E-state index >= 15 is 0 Å². The monoisotopic (exact) mass is 371 g/mol. The van der Waals surface area contributed by atoms with Crippen LogP contribution < -0.4 is 4.74 Å². The molecule has 2 heterocycles. The largest absolute Gasteiger partial charge is 0.494 e. The average Bonchev–Trinajstić information content (AvgIpc) is 3.10. The second-order valence-electron chi connectivity index (χ2n) is 6.79. The first-order valence-electron chi connectivity index (χ1n) is 9.25. The number of ether oxygens (including phenoxy) is 1. The average molecular weight is 371 g/mol. The van der Waals surface area contributed by atoms with Crippen molar-refractivity contribution in [1.29, 1.82) is 0 Å². The number of aliphatic carboxylic acids is 1. The summed E-state index contributed by atoms with van der Waals surface area (Å²) in [4.78, 5) is 32.8. The minimum absolute atomic E-state index is 0.134. The summed E-state index contributed by atoms with van der Waals surface area (Å²) in [7, 11) is 0. The molecule has 0 saturated carbocycles. The Morgan fingerprint density at radius 2 is 2.22 bits per heavy atom. The number of carboxylic acid groups (broad SMARTS) is 1. The van der Waals surface area contributed by atoms with E-state index in [1.54, 1.807) is 6.33 Å². The zero-order chi connectivity index (χ0) is 19.4. The number of aryl methyl sites for hydroxylation is 2. The molecule has 0 spiro atoms. The Balaban J connectivity index is 1.58. The molecule has 1 aliphatic rings. The number of imidazole rings is 1. The standard InChI is InChI=1S/C20H25N3O4/c1-3-27-18-8-7-14(9-13(18)2)5-4-6-19(24)23-11-16-15(21-12-22-16)10-17(23)20(25)26/h7-9,12,17H,3-6,10-11H2,1-2H3,(H,21,22)(H,25,26)/t17-/m0/s1. The van der Waals surface area contributed by atoms with Crippen molar-refractivity contribution >= 4 is 11.9 Å². The molecule has 3 rings (SSSR count). The predicted octanol–water partition coefficient (Wildman–Crippen LogP) is 2.48. The molecule has 1 amide bonds. The van der Waals surface area contributed by atoms with Crippen LogP contribution in [-0.2, 0) is 29.0 Å². The molecule has 2 N–H and O–H groups in total. The molecule has 144 valence electrons. The lowest BCUT2D eigenvalue weighted by Crippen LogP contribution is -2.48. The van der Waals surface area contributed by atoms with Gasteiger partial charge in [-0.1, -0.05) is 12.1 Å². The molecule has 0 saturated heterocycles. The second kappa shape index (κ2) is 8.24. The Labute approximate surface area is 158 Å². The summed E-state index contributed by atoms with van der Waals surface area (Å²) in [6.45, 7) is 4.86. The molecule has 2 aromatic rings. The number of fused-ring (bicyclic) bond motifs is 1. The van der Waals surface area contributed by atoms with E-state index in [9.17, 15) is 14.7 Å². The van der Waals surface area contributed by atoms with E-state index in [1.165, 1.54) is 4.90 Å². The number of rotatable bonds is 7. The lowest BCUT2D eigenvalue weighted by Gasteiger charge is -2.32. The molecule has 1 aromatic heterocycles. The van der Waals surface area contributed by atoms with Gasteiger partial charge in [0.1, 0.15) is 11.8 Å². The summed E-state index contributed by atoms with van der Waals surface area (Å²) in [5.41, 5.74) is 3.78. The highest BCUT2D eigenvalue weighted by Gasteiger charge is 2.35. The zero-order valence-electron chi connectivity index (χ0n) is 15.7. The molecule has 0 aliphatic carbocycles. The second-order valence-corrected chi connectivity index (χ2v) is 6.79. The van der Waals surface area contributed by atoms with Crippen LogP contribution in [0.5, 0.6) is 5.75 Å². The number of carboxylic acids is 1. The van der Waals surface area contributed by atoms with Crippen molar-refractivity contribution in [2.24, 2.45) is 0 Å². The molecule has 7 nitrogen and oxygen atoms in total. The van der Waals surface area contributed by atoms with Gasteiger partial charge in [0.2, 0.25) is 5.91 Å². The highest BCUT2D eigenvalue weighted by molar-refractivity contribution is 5.84. The van der Waals surface area contributed by atoms with Crippen molar-refractivity contribution in [3.05, 3.63) is 47.0 Å². The van der Waals surface area contributed by atoms with Crippen LogP contribution in [-0.4, -0.2) is 44.5 Å². The Bertz CT molecular complexity index is 830. The minimum atomic E-state index is -0.987. The maximum absolute atomic E-state index is 12.6. The molecule has 0 unspecified atom stereocenters. The number of nitrogens with one attached hydrogen (secondary N) is 1. The summed E-state index contributed by atoms with van der Waals surface area (Å²) in [6.07, 6.45) is 3.55. The van der Waals surface area contributed by atoms with Gasteiger partial charge in [-0.2, -0.15) is 0 Å². The van der Waals surface area contributed by atoms with Crippen molar-refractivity contribution in [3.63, 3.8) is 0 Å². The van der Waals surface area contributed by atoms with Gasteiger partial charge in [0, 0.05) is 12.8 Å². The maximum atomic E-state index is 12.6. The van der Waals surface area contributed by atoms with Crippen molar-refractivity contribution in [3.8, 4) is 5.75 Å². The Kier molecular flexibility index (Phi) is 5.78. The first-order chi connectivity index (χ1) is 13.0. The number of carbonyl (C=O) groups excluding carboxylic acids is 1. The molecular formula is C20H25N3O4. The number of hydrogen-bond donors (Lipinski definition) is 2. The number of aromatic amines is 1. The van der Waals surface area contributed by atoms with Crippen LogP contribution in [0.4, 0.5) is 0 Å². The van der Waals surface area contributed by atoms with Crippen LogP contribution in [0.25, 0.3) is 0 Å². The van der Waals surface area contributed by atoms with Crippen LogP contribution >= 0.6 is 0 Å². The van der Waals surface area contributed by atoms with Gasteiger partial charge in [0.25, 0.3) is 0 Å². The number of amides is 1. The molecule has 1 aromatic carbocycles. The van der Waals surface area contributed by atoms with Gasteiger partial charge in [-0.3, -0.25) is 4.79 Å². The number of aromatic nitrogens is 2. The lowest BCUT2D eigenvalue weighted by molar-refractivity contribution is -0.151. The summed E-state index contributed by atoms with van der Waals surface area (Å²) in [6, 6.07) is 5.20.